The highest BCUT2D eigenvalue weighted by Gasteiger charge is 2.34. The van der Waals surface area contributed by atoms with Crippen LogP contribution in [-0.2, 0) is 16.0 Å². The second-order valence-corrected chi connectivity index (χ2v) is 6.27. The van der Waals surface area contributed by atoms with Crippen LogP contribution < -0.4 is 5.32 Å². The first-order valence-corrected chi connectivity index (χ1v) is 8.26. The number of thiazole rings is 1. The third-order valence-electron chi connectivity index (χ3n) is 3.81. The number of benzene rings is 1. The van der Waals surface area contributed by atoms with Crippen molar-refractivity contribution in [3.8, 4) is 0 Å². The molecule has 23 heavy (non-hydrogen) atoms. The van der Waals surface area contributed by atoms with Crippen molar-refractivity contribution < 1.29 is 14.0 Å². The van der Waals surface area contributed by atoms with Crippen LogP contribution in [0.5, 0.6) is 0 Å². The van der Waals surface area contributed by atoms with Gasteiger partial charge in [0.25, 0.3) is 0 Å². The molecule has 2 aromatic rings. The predicted octanol–water partition coefficient (Wildman–Crippen LogP) is 2.45. The maximum Gasteiger partial charge on any atom is 0.248 e. The minimum Gasteiger partial charge on any atom is -0.330 e. The highest BCUT2D eigenvalue weighted by Crippen LogP contribution is 2.21. The second kappa shape index (κ2) is 6.87. The number of nitrogens with zero attached hydrogens (tertiary/aromatic N) is 2. The van der Waals surface area contributed by atoms with E-state index >= 15 is 0 Å². The molecule has 0 bridgehead atoms. The van der Waals surface area contributed by atoms with Crippen LogP contribution >= 0.6 is 11.3 Å². The molecule has 1 unspecified atom stereocenters. The molecule has 5 nitrogen and oxygen atoms in total. The van der Waals surface area contributed by atoms with Gasteiger partial charge in [0.15, 0.2) is 5.13 Å². The van der Waals surface area contributed by atoms with Gasteiger partial charge in [0, 0.05) is 18.1 Å². The first-order valence-electron chi connectivity index (χ1n) is 7.38. The van der Waals surface area contributed by atoms with Gasteiger partial charge in [-0.15, -0.1) is 11.3 Å². The van der Waals surface area contributed by atoms with Gasteiger partial charge in [-0.3, -0.25) is 9.59 Å². The van der Waals surface area contributed by atoms with Gasteiger partial charge < -0.3 is 10.2 Å². The Labute approximate surface area is 137 Å². The van der Waals surface area contributed by atoms with Crippen molar-refractivity contribution in [2.75, 3.05) is 11.9 Å². The molecule has 1 aromatic carbocycles. The summed E-state index contributed by atoms with van der Waals surface area (Å²) in [6.45, 7) is 0.565. The summed E-state index contributed by atoms with van der Waals surface area (Å²) in [6, 6.07) is 5.38. The van der Waals surface area contributed by atoms with E-state index in [-0.39, 0.29) is 24.1 Å². The van der Waals surface area contributed by atoms with Crippen molar-refractivity contribution in [2.45, 2.75) is 25.3 Å². The lowest BCUT2D eigenvalue weighted by Gasteiger charge is -2.23. The maximum absolute atomic E-state index is 12.9. The van der Waals surface area contributed by atoms with E-state index in [1.807, 2.05) is 0 Å². The van der Waals surface area contributed by atoms with E-state index in [4.69, 9.17) is 0 Å². The van der Waals surface area contributed by atoms with E-state index in [0.29, 0.717) is 18.1 Å². The van der Waals surface area contributed by atoms with E-state index < -0.39 is 6.04 Å². The summed E-state index contributed by atoms with van der Waals surface area (Å²) in [5.41, 5.74) is 0.738. The first-order chi connectivity index (χ1) is 11.1. The molecule has 2 heterocycles. The summed E-state index contributed by atoms with van der Waals surface area (Å²) < 4.78 is 12.9. The quantitative estimate of drug-likeness (QED) is 0.935. The number of aromatic nitrogens is 1. The Bertz CT molecular complexity index is 688. The lowest BCUT2D eigenvalue weighted by Crippen LogP contribution is -2.43. The summed E-state index contributed by atoms with van der Waals surface area (Å²) in [5, 5.41) is 5.06. The zero-order chi connectivity index (χ0) is 16.2. The normalized spacial score (nSPS) is 17.3. The Kier molecular flexibility index (Phi) is 4.66. The zero-order valence-electron chi connectivity index (χ0n) is 12.4. The summed E-state index contributed by atoms with van der Waals surface area (Å²) in [7, 11) is 0. The molecule has 1 aromatic heterocycles. The number of hydrogen-bond acceptors (Lipinski definition) is 4. The molecule has 1 atom stereocenters. The fourth-order valence-electron chi connectivity index (χ4n) is 2.69. The minimum absolute atomic E-state index is 0.117. The highest BCUT2D eigenvalue weighted by molar-refractivity contribution is 7.13. The monoisotopic (exact) mass is 333 g/mol. The molecular formula is C16H16FN3O2S. The summed E-state index contributed by atoms with van der Waals surface area (Å²) in [5.74, 6) is -0.652. The number of hydrogen-bond donors (Lipinski definition) is 1. The van der Waals surface area contributed by atoms with Gasteiger partial charge in [-0.05, 0) is 30.5 Å². The number of carbonyl (C=O) groups is 2. The van der Waals surface area contributed by atoms with Crippen molar-refractivity contribution in [3.05, 3.63) is 47.2 Å². The van der Waals surface area contributed by atoms with Crippen molar-refractivity contribution in [1.29, 1.82) is 0 Å². The average Bonchev–Trinajstić information content (AvgIpc) is 3.20. The van der Waals surface area contributed by atoms with Crippen molar-refractivity contribution in [1.82, 2.24) is 9.88 Å². The molecule has 3 rings (SSSR count). The van der Waals surface area contributed by atoms with Crippen LogP contribution in [0.1, 0.15) is 18.4 Å². The van der Waals surface area contributed by atoms with Crippen LogP contribution in [0.4, 0.5) is 9.52 Å². The van der Waals surface area contributed by atoms with Gasteiger partial charge in [-0.1, -0.05) is 12.1 Å². The predicted molar refractivity (Wildman–Crippen MR) is 85.6 cm³/mol. The van der Waals surface area contributed by atoms with Crippen molar-refractivity contribution in [2.24, 2.45) is 0 Å². The lowest BCUT2D eigenvalue weighted by atomic mass is 10.1. The molecule has 2 amide bonds. The third kappa shape index (κ3) is 3.73. The lowest BCUT2D eigenvalue weighted by molar-refractivity contribution is -0.136. The van der Waals surface area contributed by atoms with Crippen molar-refractivity contribution >= 4 is 28.3 Å². The Morgan fingerprint density at radius 2 is 2.13 bits per heavy atom. The minimum atomic E-state index is -0.466. The SMILES string of the molecule is O=C(Nc1nccs1)C1CCCN1C(=O)Cc1ccc(F)cc1. The number of anilines is 1. The fourth-order valence-corrected chi connectivity index (χ4v) is 3.22. The van der Waals surface area contributed by atoms with E-state index in [2.05, 4.69) is 10.3 Å². The molecule has 7 heteroatoms. The Balaban J connectivity index is 1.64. The first kappa shape index (κ1) is 15.6. The molecule has 1 fully saturated rings. The van der Waals surface area contributed by atoms with Crippen LogP contribution in [0.3, 0.4) is 0 Å². The van der Waals surface area contributed by atoms with E-state index in [0.717, 1.165) is 12.0 Å². The topological polar surface area (TPSA) is 62.3 Å². The number of nitrogens with one attached hydrogen (secondary N) is 1. The maximum atomic E-state index is 12.9. The summed E-state index contributed by atoms with van der Waals surface area (Å²) in [6.07, 6.45) is 3.23. The van der Waals surface area contributed by atoms with Crippen LogP contribution in [0.15, 0.2) is 35.8 Å². The molecule has 0 aliphatic carbocycles. The molecule has 0 spiro atoms. The Hall–Kier alpha value is -2.28. The van der Waals surface area contributed by atoms with E-state index in [9.17, 15) is 14.0 Å². The van der Waals surface area contributed by atoms with E-state index in [1.54, 1.807) is 28.6 Å². The number of halogens is 1. The average molecular weight is 333 g/mol. The van der Waals surface area contributed by atoms with Crippen LogP contribution in [-0.4, -0.2) is 34.3 Å². The number of carbonyl (C=O) groups excluding carboxylic acids is 2. The molecule has 120 valence electrons. The zero-order valence-corrected chi connectivity index (χ0v) is 13.2. The highest BCUT2D eigenvalue weighted by atomic mass is 32.1. The summed E-state index contributed by atoms with van der Waals surface area (Å²) >= 11 is 1.34. The van der Waals surface area contributed by atoms with Gasteiger partial charge in [0.2, 0.25) is 11.8 Å². The molecule has 1 saturated heterocycles. The molecule has 0 radical (unpaired) electrons. The standard InChI is InChI=1S/C16H16FN3O2S/c17-12-5-3-11(4-6-12)10-14(21)20-8-1-2-13(20)15(22)19-16-18-7-9-23-16/h3-7,9,13H,1-2,8,10H2,(H,18,19,22). The van der Waals surface area contributed by atoms with Crippen LogP contribution in [0.25, 0.3) is 0 Å². The smallest absolute Gasteiger partial charge is 0.248 e. The van der Waals surface area contributed by atoms with Crippen LogP contribution in [0.2, 0.25) is 0 Å². The van der Waals surface area contributed by atoms with Gasteiger partial charge >= 0.3 is 0 Å². The second-order valence-electron chi connectivity index (χ2n) is 5.37. The fraction of sp³-hybridized carbons (Fsp3) is 0.312. The van der Waals surface area contributed by atoms with Gasteiger partial charge in [0.1, 0.15) is 11.9 Å². The largest absolute Gasteiger partial charge is 0.330 e. The van der Waals surface area contributed by atoms with Gasteiger partial charge in [0.05, 0.1) is 6.42 Å². The Morgan fingerprint density at radius 1 is 1.35 bits per heavy atom. The molecule has 0 saturated carbocycles. The van der Waals surface area contributed by atoms with Crippen LogP contribution in [0, 0.1) is 5.82 Å². The number of likely N-dealkylation sites (tertiary alicyclic amines) is 1. The van der Waals surface area contributed by atoms with Crippen molar-refractivity contribution in [3.63, 3.8) is 0 Å². The molecule has 1 aliphatic rings. The molecular weight excluding hydrogens is 317 g/mol. The molecule has 1 N–H and O–H groups in total. The Morgan fingerprint density at radius 3 is 2.83 bits per heavy atom. The third-order valence-corrected chi connectivity index (χ3v) is 4.50. The number of rotatable bonds is 4. The van der Waals surface area contributed by atoms with E-state index in [1.165, 1.54) is 23.5 Å². The summed E-state index contributed by atoms with van der Waals surface area (Å²) in [4.78, 5) is 30.4. The number of amides is 2. The van der Waals surface area contributed by atoms with Gasteiger partial charge in [-0.25, -0.2) is 9.37 Å². The van der Waals surface area contributed by atoms with Gasteiger partial charge in [-0.2, -0.15) is 0 Å². The molecule has 1 aliphatic heterocycles.